The van der Waals surface area contributed by atoms with E-state index in [0.29, 0.717) is 19.5 Å². The van der Waals surface area contributed by atoms with Crippen LogP contribution < -0.4 is 5.73 Å². The highest BCUT2D eigenvalue weighted by Gasteiger charge is 2.27. The molecule has 1 atom stereocenters. The first-order chi connectivity index (χ1) is 9.47. The van der Waals surface area contributed by atoms with Crippen molar-refractivity contribution in [1.29, 1.82) is 0 Å². The molecule has 1 aliphatic heterocycles. The fourth-order valence-electron chi connectivity index (χ4n) is 2.42. The monoisotopic (exact) mass is 280 g/mol. The number of hydrogen-bond acceptors (Lipinski definition) is 3. The fraction of sp³-hybridized carbons (Fsp3) is 0.429. The summed E-state index contributed by atoms with van der Waals surface area (Å²) < 4.78 is 13.4. The summed E-state index contributed by atoms with van der Waals surface area (Å²) in [6, 6.07) is 4.02. The van der Waals surface area contributed by atoms with Crippen molar-refractivity contribution in [2.24, 2.45) is 5.92 Å². The average molecular weight is 280 g/mol. The van der Waals surface area contributed by atoms with Crippen LogP contribution in [0.4, 0.5) is 10.1 Å². The molecule has 1 unspecified atom stereocenters. The minimum Gasteiger partial charge on any atom is -0.481 e. The number of carbonyl (C=O) groups excluding carboxylic acids is 1. The highest BCUT2D eigenvalue weighted by molar-refractivity contribution is 5.94. The Balaban J connectivity index is 1.97. The van der Waals surface area contributed by atoms with Crippen molar-refractivity contribution in [3.05, 3.63) is 29.6 Å². The summed E-state index contributed by atoms with van der Waals surface area (Å²) >= 11 is 0. The first kappa shape index (κ1) is 14.3. The molecule has 20 heavy (non-hydrogen) atoms. The third-order valence-corrected chi connectivity index (χ3v) is 3.59. The number of nitrogen functional groups attached to an aromatic ring is 1. The molecule has 1 aliphatic rings. The maximum absolute atomic E-state index is 13.4. The minimum absolute atomic E-state index is 0.0160. The third-order valence-electron chi connectivity index (χ3n) is 3.59. The summed E-state index contributed by atoms with van der Waals surface area (Å²) in [6.45, 7) is 1.10. The van der Waals surface area contributed by atoms with Crippen LogP contribution in [0.5, 0.6) is 0 Å². The zero-order chi connectivity index (χ0) is 14.7. The molecule has 1 heterocycles. The largest absolute Gasteiger partial charge is 0.481 e. The Morgan fingerprint density at radius 3 is 2.85 bits per heavy atom. The summed E-state index contributed by atoms with van der Waals surface area (Å²) in [5, 5.41) is 8.65. The molecular formula is C14H17FN2O3. The number of carboxylic acids is 1. The molecule has 0 saturated carbocycles. The van der Waals surface area contributed by atoms with Gasteiger partial charge in [-0.1, -0.05) is 0 Å². The standard InChI is InChI=1S/C14H17FN2O3/c15-11-7-10(2-3-12(11)16)14(20)17-6-5-9(8-17)1-4-13(18)19/h2-3,7,9H,1,4-6,8,16H2,(H,18,19). The van der Waals surface area contributed by atoms with Crippen LogP contribution in [0.3, 0.4) is 0 Å². The smallest absolute Gasteiger partial charge is 0.303 e. The summed E-state index contributed by atoms with van der Waals surface area (Å²) in [5.74, 6) is -1.46. The van der Waals surface area contributed by atoms with Crippen LogP contribution in [0, 0.1) is 11.7 Å². The van der Waals surface area contributed by atoms with Gasteiger partial charge in [0.15, 0.2) is 0 Å². The molecule has 2 rings (SSSR count). The highest BCUT2D eigenvalue weighted by atomic mass is 19.1. The van der Waals surface area contributed by atoms with Crippen molar-refractivity contribution in [1.82, 2.24) is 4.90 Å². The van der Waals surface area contributed by atoms with Crippen LogP contribution in [0.2, 0.25) is 0 Å². The van der Waals surface area contributed by atoms with Gasteiger partial charge in [0.2, 0.25) is 0 Å². The van der Waals surface area contributed by atoms with E-state index in [0.717, 1.165) is 12.5 Å². The Morgan fingerprint density at radius 1 is 1.45 bits per heavy atom. The van der Waals surface area contributed by atoms with Crippen molar-refractivity contribution in [2.45, 2.75) is 19.3 Å². The summed E-state index contributed by atoms with van der Waals surface area (Å²) in [6.07, 6.45) is 1.47. The maximum atomic E-state index is 13.4. The maximum Gasteiger partial charge on any atom is 0.303 e. The van der Waals surface area contributed by atoms with Gasteiger partial charge in [0.05, 0.1) is 5.69 Å². The van der Waals surface area contributed by atoms with Gasteiger partial charge in [-0.25, -0.2) is 4.39 Å². The average Bonchev–Trinajstić information content (AvgIpc) is 2.87. The summed E-state index contributed by atoms with van der Waals surface area (Å²) in [5.41, 5.74) is 5.67. The molecule has 0 aromatic heterocycles. The van der Waals surface area contributed by atoms with E-state index in [1.54, 1.807) is 4.90 Å². The molecule has 3 N–H and O–H groups in total. The number of benzene rings is 1. The van der Waals surface area contributed by atoms with Gasteiger partial charge in [-0.3, -0.25) is 9.59 Å². The minimum atomic E-state index is -0.824. The number of likely N-dealkylation sites (tertiary alicyclic amines) is 1. The van der Waals surface area contributed by atoms with Gasteiger partial charge in [-0.15, -0.1) is 0 Å². The number of carbonyl (C=O) groups is 2. The molecule has 5 nitrogen and oxygen atoms in total. The lowest BCUT2D eigenvalue weighted by atomic mass is 10.0. The van der Waals surface area contributed by atoms with Gasteiger partial charge >= 0.3 is 5.97 Å². The number of nitrogens with two attached hydrogens (primary N) is 1. The van der Waals surface area contributed by atoms with Crippen LogP contribution in [0.1, 0.15) is 29.6 Å². The number of anilines is 1. The summed E-state index contributed by atoms with van der Waals surface area (Å²) in [7, 11) is 0. The molecule has 6 heteroatoms. The zero-order valence-electron chi connectivity index (χ0n) is 11.0. The van der Waals surface area contributed by atoms with Crippen molar-refractivity contribution in [3.8, 4) is 0 Å². The molecule has 1 aromatic carbocycles. The Morgan fingerprint density at radius 2 is 2.20 bits per heavy atom. The predicted octanol–water partition coefficient (Wildman–Crippen LogP) is 1.73. The second-order valence-corrected chi connectivity index (χ2v) is 5.07. The number of hydrogen-bond donors (Lipinski definition) is 2. The highest BCUT2D eigenvalue weighted by Crippen LogP contribution is 2.23. The van der Waals surface area contributed by atoms with Crippen molar-refractivity contribution in [2.75, 3.05) is 18.8 Å². The number of carboxylic acid groups (broad SMARTS) is 1. The molecule has 1 amide bonds. The van der Waals surface area contributed by atoms with Gasteiger partial charge in [0, 0.05) is 25.1 Å². The second-order valence-electron chi connectivity index (χ2n) is 5.07. The fourth-order valence-corrected chi connectivity index (χ4v) is 2.42. The van der Waals surface area contributed by atoms with E-state index in [-0.39, 0.29) is 29.5 Å². The number of rotatable bonds is 4. The third kappa shape index (κ3) is 3.26. The van der Waals surface area contributed by atoms with E-state index in [9.17, 15) is 14.0 Å². The lowest BCUT2D eigenvalue weighted by molar-refractivity contribution is -0.137. The van der Waals surface area contributed by atoms with Crippen LogP contribution in [0.15, 0.2) is 18.2 Å². The Kier molecular flexibility index (Phi) is 4.22. The number of amides is 1. The number of nitrogens with zero attached hydrogens (tertiary/aromatic N) is 1. The van der Waals surface area contributed by atoms with E-state index in [2.05, 4.69) is 0 Å². The lowest BCUT2D eigenvalue weighted by Gasteiger charge is -2.16. The van der Waals surface area contributed by atoms with E-state index < -0.39 is 11.8 Å². The molecule has 0 bridgehead atoms. The Bertz CT molecular complexity index is 533. The predicted molar refractivity (Wildman–Crippen MR) is 71.7 cm³/mol. The Hall–Kier alpha value is -2.11. The van der Waals surface area contributed by atoms with Crippen LogP contribution in [-0.2, 0) is 4.79 Å². The number of halogens is 1. The van der Waals surface area contributed by atoms with Gasteiger partial charge in [0.25, 0.3) is 5.91 Å². The SMILES string of the molecule is Nc1ccc(C(=O)N2CCC(CCC(=O)O)C2)cc1F. The lowest BCUT2D eigenvalue weighted by Crippen LogP contribution is -2.28. The van der Waals surface area contributed by atoms with Crippen molar-refractivity contribution in [3.63, 3.8) is 0 Å². The summed E-state index contributed by atoms with van der Waals surface area (Å²) in [4.78, 5) is 24.4. The molecular weight excluding hydrogens is 263 g/mol. The van der Waals surface area contributed by atoms with Crippen LogP contribution in [-0.4, -0.2) is 35.0 Å². The molecule has 1 aromatic rings. The van der Waals surface area contributed by atoms with E-state index in [1.165, 1.54) is 12.1 Å². The van der Waals surface area contributed by atoms with Crippen LogP contribution in [0.25, 0.3) is 0 Å². The van der Waals surface area contributed by atoms with E-state index in [4.69, 9.17) is 10.8 Å². The van der Waals surface area contributed by atoms with Crippen molar-refractivity contribution < 1.29 is 19.1 Å². The molecule has 1 fully saturated rings. The normalized spacial score (nSPS) is 18.2. The molecule has 0 spiro atoms. The quantitative estimate of drug-likeness (QED) is 0.823. The molecule has 0 radical (unpaired) electrons. The van der Waals surface area contributed by atoms with Gasteiger partial charge in [-0.05, 0) is 37.0 Å². The van der Waals surface area contributed by atoms with E-state index in [1.807, 2.05) is 0 Å². The van der Waals surface area contributed by atoms with Gasteiger partial charge in [0.1, 0.15) is 5.82 Å². The first-order valence-electron chi connectivity index (χ1n) is 6.53. The second kappa shape index (κ2) is 5.90. The first-order valence-corrected chi connectivity index (χ1v) is 6.53. The number of aliphatic carboxylic acids is 1. The van der Waals surface area contributed by atoms with Gasteiger partial charge < -0.3 is 15.7 Å². The molecule has 1 saturated heterocycles. The Labute approximate surface area is 116 Å². The molecule has 108 valence electrons. The zero-order valence-corrected chi connectivity index (χ0v) is 11.0. The molecule has 0 aliphatic carbocycles. The van der Waals surface area contributed by atoms with Crippen LogP contribution >= 0.6 is 0 Å². The van der Waals surface area contributed by atoms with E-state index >= 15 is 0 Å². The van der Waals surface area contributed by atoms with Crippen molar-refractivity contribution >= 4 is 17.6 Å². The topological polar surface area (TPSA) is 83.6 Å². The van der Waals surface area contributed by atoms with Gasteiger partial charge in [-0.2, -0.15) is 0 Å².